The van der Waals surface area contributed by atoms with Crippen LogP contribution in [0.5, 0.6) is 5.75 Å². The van der Waals surface area contributed by atoms with Gasteiger partial charge in [-0.15, -0.1) is 0 Å². The lowest BCUT2D eigenvalue weighted by Gasteiger charge is -2.06. The zero-order chi connectivity index (χ0) is 15.3. The Bertz CT molecular complexity index is 1100. The van der Waals surface area contributed by atoms with Crippen LogP contribution in [0.2, 0.25) is 0 Å². The Kier molecular flexibility index (Phi) is 2.66. The lowest BCUT2D eigenvalue weighted by atomic mass is 10.0. The lowest BCUT2D eigenvalue weighted by molar-refractivity contribution is 0.415. The molecule has 22 heavy (non-hydrogen) atoms. The number of halogens is 1. The molecule has 0 aliphatic heterocycles. The largest absolute Gasteiger partial charge is 0.497 e. The number of benzene rings is 3. The van der Waals surface area contributed by atoms with Crippen LogP contribution in [0, 0.1) is 5.82 Å². The topological polar surface area (TPSA) is 39.4 Å². The Morgan fingerprint density at radius 1 is 0.955 bits per heavy atom. The van der Waals surface area contributed by atoms with E-state index in [1.165, 1.54) is 19.2 Å². The van der Waals surface area contributed by atoms with Crippen LogP contribution < -0.4 is 10.2 Å². The molecule has 0 fully saturated rings. The SMILES string of the molecule is COc1ccc2oc3ccc4ccc(F)cc4c3c(=O)c2c1. The summed E-state index contributed by atoms with van der Waals surface area (Å²) in [6.07, 6.45) is 0. The molecule has 4 heteroatoms. The molecule has 0 atom stereocenters. The van der Waals surface area contributed by atoms with Crippen LogP contribution in [0.4, 0.5) is 4.39 Å². The van der Waals surface area contributed by atoms with Crippen LogP contribution in [0.1, 0.15) is 0 Å². The van der Waals surface area contributed by atoms with Gasteiger partial charge >= 0.3 is 0 Å². The van der Waals surface area contributed by atoms with E-state index >= 15 is 0 Å². The van der Waals surface area contributed by atoms with Gasteiger partial charge in [-0.2, -0.15) is 0 Å². The number of hydrogen-bond acceptors (Lipinski definition) is 3. The summed E-state index contributed by atoms with van der Waals surface area (Å²) in [4.78, 5) is 12.8. The smallest absolute Gasteiger partial charge is 0.201 e. The maximum absolute atomic E-state index is 13.6. The van der Waals surface area contributed by atoms with E-state index in [0.717, 1.165) is 5.39 Å². The zero-order valence-electron chi connectivity index (χ0n) is 11.7. The van der Waals surface area contributed by atoms with Crippen molar-refractivity contribution in [3.8, 4) is 5.75 Å². The second kappa shape index (κ2) is 4.56. The molecule has 108 valence electrons. The van der Waals surface area contributed by atoms with Crippen LogP contribution in [-0.2, 0) is 0 Å². The average Bonchev–Trinajstić information content (AvgIpc) is 2.54. The summed E-state index contributed by atoms with van der Waals surface area (Å²) in [5.74, 6) is 0.190. The normalized spacial score (nSPS) is 11.4. The van der Waals surface area contributed by atoms with Gasteiger partial charge in [-0.25, -0.2) is 4.39 Å². The molecule has 0 saturated heterocycles. The minimum absolute atomic E-state index is 0.189. The molecule has 0 spiro atoms. The maximum atomic E-state index is 13.6. The van der Waals surface area contributed by atoms with Crippen molar-refractivity contribution in [1.82, 2.24) is 0 Å². The molecule has 0 unspecified atom stereocenters. The summed E-state index contributed by atoms with van der Waals surface area (Å²) in [7, 11) is 1.54. The van der Waals surface area contributed by atoms with Crippen LogP contribution in [0.15, 0.2) is 57.7 Å². The van der Waals surface area contributed by atoms with Gasteiger partial charge in [0.2, 0.25) is 5.43 Å². The van der Waals surface area contributed by atoms with Crippen LogP contribution in [0.25, 0.3) is 32.7 Å². The first-order chi connectivity index (χ1) is 10.7. The first kappa shape index (κ1) is 12.8. The third-order valence-corrected chi connectivity index (χ3v) is 3.82. The standard InChI is InChI=1S/C18H11FO3/c1-21-12-5-7-15-14(9-12)18(20)17-13-8-11(19)4-2-10(13)3-6-16(17)22-15/h2-9H,1H3. The minimum atomic E-state index is -0.384. The zero-order valence-corrected chi connectivity index (χ0v) is 11.7. The number of methoxy groups -OCH3 is 1. The van der Waals surface area contributed by atoms with E-state index in [2.05, 4.69) is 0 Å². The van der Waals surface area contributed by atoms with Gasteiger partial charge in [0.1, 0.15) is 22.7 Å². The van der Waals surface area contributed by atoms with Crippen LogP contribution >= 0.6 is 0 Å². The maximum Gasteiger partial charge on any atom is 0.201 e. The molecule has 0 saturated carbocycles. The highest BCUT2D eigenvalue weighted by molar-refractivity contribution is 6.08. The molecule has 4 aromatic rings. The van der Waals surface area contributed by atoms with E-state index < -0.39 is 0 Å². The van der Waals surface area contributed by atoms with Crippen LogP contribution in [-0.4, -0.2) is 7.11 Å². The Balaban J connectivity index is 2.26. The molecule has 0 radical (unpaired) electrons. The molecule has 0 aliphatic carbocycles. The third kappa shape index (κ3) is 1.77. The lowest BCUT2D eigenvalue weighted by Crippen LogP contribution is -2.03. The van der Waals surface area contributed by atoms with Crippen molar-refractivity contribution in [2.45, 2.75) is 0 Å². The number of hydrogen-bond donors (Lipinski definition) is 0. The first-order valence-corrected chi connectivity index (χ1v) is 6.80. The fraction of sp³-hybridized carbons (Fsp3) is 0.0556. The Morgan fingerprint density at radius 3 is 2.55 bits per heavy atom. The predicted molar refractivity (Wildman–Crippen MR) is 84.0 cm³/mol. The van der Waals surface area contributed by atoms with Gasteiger partial charge in [-0.05, 0) is 47.2 Å². The summed E-state index contributed by atoms with van der Waals surface area (Å²) in [6, 6.07) is 13.0. The highest BCUT2D eigenvalue weighted by atomic mass is 19.1. The van der Waals surface area contributed by atoms with Gasteiger partial charge in [-0.3, -0.25) is 4.79 Å². The fourth-order valence-electron chi connectivity index (χ4n) is 2.75. The van der Waals surface area contributed by atoms with Gasteiger partial charge in [0.25, 0.3) is 0 Å². The number of rotatable bonds is 1. The molecular weight excluding hydrogens is 283 g/mol. The second-order valence-corrected chi connectivity index (χ2v) is 5.10. The first-order valence-electron chi connectivity index (χ1n) is 6.80. The number of ether oxygens (including phenoxy) is 1. The van der Waals surface area contributed by atoms with Gasteiger partial charge < -0.3 is 9.15 Å². The Labute approximate surface area is 124 Å². The number of fused-ring (bicyclic) bond motifs is 4. The molecule has 0 amide bonds. The van der Waals surface area contributed by atoms with Crippen molar-refractivity contribution in [2.75, 3.05) is 7.11 Å². The predicted octanol–water partition coefficient (Wildman–Crippen LogP) is 4.25. The van der Waals surface area contributed by atoms with Crippen molar-refractivity contribution >= 4 is 32.7 Å². The Morgan fingerprint density at radius 2 is 1.73 bits per heavy atom. The van der Waals surface area contributed by atoms with E-state index in [1.54, 1.807) is 30.3 Å². The summed E-state index contributed by atoms with van der Waals surface area (Å²) in [5, 5.41) is 2.15. The molecule has 4 rings (SSSR count). The van der Waals surface area contributed by atoms with Crippen molar-refractivity contribution in [3.63, 3.8) is 0 Å². The van der Waals surface area contributed by atoms with E-state index in [0.29, 0.717) is 33.1 Å². The molecule has 0 bridgehead atoms. The molecule has 3 nitrogen and oxygen atoms in total. The Hall–Kier alpha value is -2.88. The van der Waals surface area contributed by atoms with Gasteiger partial charge in [-0.1, -0.05) is 12.1 Å². The monoisotopic (exact) mass is 294 g/mol. The van der Waals surface area contributed by atoms with Crippen LogP contribution in [0.3, 0.4) is 0 Å². The van der Waals surface area contributed by atoms with E-state index in [4.69, 9.17) is 9.15 Å². The molecule has 1 aromatic heterocycles. The average molecular weight is 294 g/mol. The molecule has 0 aliphatic rings. The van der Waals surface area contributed by atoms with E-state index in [1.807, 2.05) is 6.07 Å². The molecule has 0 N–H and O–H groups in total. The second-order valence-electron chi connectivity index (χ2n) is 5.10. The minimum Gasteiger partial charge on any atom is -0.497 e. The summed E-state index contributed by atoms with van der Waals surface area (Å²) in [5.41, 5.74) is 0.737. The van der Waals surface area contributed by atoms with E-state index in [9.17, 15) is 9.18 Å². The fourth-order valence-corrected chi connectivity index (χ4v) is 2.75. The quantitative estimate of drug-likeness (QED) is 0.389. The highest BCUT2D eigenvalue weighted by Crippen LogP contribution is 2.28. The summed E-state index contributed by atoms with van der Waals surface area (Å²) in [6.45, 7) is 0. The third-order valence-electron chi connectivity index (χ3n) is 3.82. The molecular formula is C18H11FO3. The summed E-state index contributed by atoms with van der Waals surface area (Å²) < 4.78 is 24.5. The van der Waals surface area contributed by atoms with Gasteiger partial charge in [0.05, 0.1) is 17.9 Å². The molecule has 3 aromatic carbocycles. The van der Waals surface area contributed by atoms with E-state index in [-0.39, 0.29) is 11.2 Å². The van der Waals surface area contributed by atoms with Gasteiger partial charge in [0.15, 0.2) is 0 Å². The molecule has 1 heterocycles. The summed E-state index contributed by atoms with van der Waals surface area (Å²) >= 11 is 0. The van der Waals surface area contributed by atoms with Gasteiger partial charge in [0, 0.05) is 0 Å². The van der Waals surface area contributed by atoms with Crippen molar-refractivity contribution in [2.24, 2.45) is 0 Å². The van der Waals surface area contributed by atoms with Crippen molar-refractivity contribution < 1.29 is 13.5 Å². The van der Waals surface area contributed by atoms with Crippen molar-refractivity contribution in [1.29, 1.82) is 0 Å². The highest BCUT2D eigenvalue weighted by Gasteiger charge is 2.12. The van der Waals surface area contributed by atoms with Crippen molar-refractivity contribution in [3.05, 3.63) is 64.6 Å².